The average molecular weight is 406 g/mol. The van der Waals surface area contributed by atoms with Crippen molar-refractivity contribution in [2.75, 3.05) is 11.1 Å². The van der Waals surface area contributed by atoms with Gasteiger partial charge in [0, 0.05) is 15.7 Å². The molecular formula is C16H12BrN3OS2. The Morgan fingerprint density at radius 3 is 2.74 bits per heavy atom. The van der Waals surface area contributed by atoms with E-state index in [1.54, 1.807) is 0 Å². The number of hydrogen-bond donors (Lipinski definition) is 1. The van der Waals surface area contributed by atoms with E-state index in [0.717, 1.165) is 14.5 Å². The van der Waals surface area contributed by atoms with Gasteiger partial charge in [-0.1, -0.05) is 69.4 Å². The molecule has 2 aromatic carbocycles. The van der Waals surface area contributed by atoms with Gasteiger partial charge in [0.25, 0.3) is 0 Å². The first-order valence-corrected chi connectivity index (χ1v) is 9.37. The molecule has 0 saturated carbocycles. The molecule has 0 unspecified atom stereocenters. The number of nitrogens with one attached hydrogen (secondary N) is 1. The van der Waals surface area contributed by atoms with Crippen LogP contribution >= 0.6 is 39.0 Å². The Hall–Kier alpha value is -1.70. The third kappa shape index (κ3) is 4.63. The Labute approximate surface area is 150 Å². The lowest BCUT2D eigenvalue weighted by Gasteiger charge is -2.00. The second-order valence-electron chi connectivity index (χ2n) is 4.59. The van der Waals surface area contributed by atoms with Crippen molar-refractivity contribution in [3.8, 4) is 0 Å². The van der Waals surface area contributed by atoms with E-state index in [2.05, 4.69) is 31.4 Å². The van der Waals surface area contributed by atoms with Crippen molar-refractivity contribution < 1.29 is 4.79 Å². The molecule has 1 aromatic heterocycles. The third-order valence-electron chi connectivity index (χ3n) is 2.90. The summed E-state index contributed by atoms with van der Waals surface area (Å²) in [4.78, 5) is 12.2. The third-order valence-corrected chi connectivity index (χ3v) is 5.37. The molecular weight excluding hydrogens is 394 g/mol. The fraction of sp³-hybridized carbons (Fsp3) is 0.0625. The number of carbonyl (C=O) groups is 1. The van der Waals surface area contributed by atoms with Gasteiger partial charge < -0.3 is 5.32 Å². The Kier molecular flexibility index (Phi) is 5.43. The van der Waals surface area contributed by atoms with E-state index in [-0.39, 0.29) is 5.78 Å². The molecule has 0 aliphatic heterocycles. The second kappa shape index (κ2) is 7.72. The van der Waals surface area contributed by atoms with Crippen LogP contribution in [0.4, 0.5) is 10.8 Å². The first kappa shape index (κ1) is 16.2. The molecule has 0 radical (unpaired) electrons. The number of benzene rings is 2. The summed E-state index contributed by atoms with van der Waals surface area (Å²) in [5, 5.41) is 12.1. The van der Waals surface area contributed by atoms with Gasteiger partial charge in [-0.25, -0.2) is 0 Å². The van der Waals surface area contributed by atoms with Gasteiger partial charge in [0.15, 0.2) is 10.1 Å². The van der Waals surface area contributed by atoms with Crippen LogP contribution in [0.3, 0.4) is 0 Å². The van der Waals surface area contributed by atoms with Crippen molar-refractivity contribution in [2.24, 2.45) is 0 Å². The molecule has 0 bridgehead atoms. The summed E-state index contributed by atoms with van der Waals surface area (Å²) in [6, 6.07) is 17.2. The molecule has 0 aliphatic carbocycles. The predicted molar refractivity (Wildman–Crippen MR) is 98.8 cm³/mol. The standard InChI is InChI=1S/C16H12BrN3OS2/c17-12-6-4-5-11(9-12)14(21)10-22-16-20-19-15(23-16)18-13-7-2-1-3-8-13/h1-9H,10H2,(H,18,19). The van der Waals surface area contributed by atoms with E-state index in [0.29, 0.717) is 16.4 Å². The lowest BCUT2D eigenvalue weighted by molar-refractivity contribution is 0.102. The number of rotatable bonds is 6. The Morgan fingerprint density at radius 1 is 1.13 bits per heavy atom. The highest BCUT2D eigenvalue weighted by atomic mass is 79.9. The van der Waals surface area contributed by atoms with Crippen molar-refractivity contribution in [2.45, 2.75) is 4.34 Å². The van der Waals surface area contributed by atoms with E-state index in [9.17, 15) is 4.79 Å². The zero-order valence-electron chi connectivity index (χ0n) is 11.9. The molecule has 0 atom stereocenters. The maximum atomic E-state index is 12.2. The maximum Gasteiger partial charge on any atom is 0.210 e. The van der Waals surface area contributed by atoms with Gasteiger partial charge in [0.2, 0.25) is 5.13 Å². The van der Waals surface area contributed by atoms with Gasteiger partial charge in [0.05, 0.1) is 5.75 Å². The summed E-state index contributed by atoms with van der Waals surface area (Å²) in [5.74, 6) is 0.417. The number of anilines is 2. The topological polar surface area (TPSA) is 54.9 Å². The van der Waals surface area contributed by atoms with E-state index < -0.39 is 0 Å². The minimum Gasteiger partial charge on any atom is -0.330 e. The number of para-hydroxylation sites is 1. The number of carbonyl (C=O) groups excluding carboxylic acids is 1. The molecule has 23 heavy (non-hydrogen) atoms. The number of nitrogens with zero attached hydrogens (tertiary/aromatic N) is 2. The quantitative estimate of drug-likeness (QED) is 0.460. The van der Waals surface area contributed by atoms with Gasteiger partial charge in [-0.2, -0.15) is 0 Å². The monoisotopic (exact) mass is 405 g/mol. The number of hydrogen-bond acceptors (Lipinski definition) is 6. The van der Waals surface area contributed by atoms with Crippen LogP contribution < -0.4 is 5.32 Å². The van der Waals surface area contributed by atoms with E-state index in [1.807, 2.05) is 54.6 Å². The molecule has 0 aliphatic rings. The van der Waals surface area contributed by atoms with Gasteiger partial charge in [0.1, 0.15) is 0 Å². The minimum atomic E-state index is 0.0732. The second-order valence-corrected chi connectivity index (χ2v) is 7.70. The van der Waals surface area contributed by atoms with Crippen LogP contribution in [0.1, 0.15) is 10.4 Å². The number of thioether (sulfide) groups is 1. The largest absolute Gasteiger partial charge is 0.330 e. The molecule has 116 valence electrons. The highest BCUT2D eigenvalue weighted by molar-refractivity contribution is 9.10. The van der Waals surface area contributed by atoms with Crippen LogP contribution in [0.5, 0.6) is 0 Å². The zero-order valence-corrected chi connectivity index (χ0v) is 15.1. The molecule has 7 heteroatoms. The molecule has 0 saturated heterocycles. The van der Waals surface area contributed by atoms with Crippen molar-refractivity contribution in [3.05, 3.63) is 64.6 Å². The smallest absolute Gasteiger partial charge is 0.210 e. The van der Waals surface area contributed by atoms with Crippen molar-refractivity contribution in [3.63, 3.8) is 0 Å². The molecule has 0 fully saturated rings. The first-order valence-electron chi connectivity index (χ1n) is 6.78. The summed E-state index contributed by atoms with van der Waals surface area (Å²) in [5.41, 5.74) is 1.66. The maximum absolute atomic E-state index is 12.2. The van der Waals surface area contributed by atoms with Gasteiger partial charge in [-0.15, -0.1) is 10.2 Å². The number of ketones is 1. The highest BCUT2D eigenvalue weighted by Gasteiger charge is 2.10. The molecule has 1 heterocycles. The molecule has 4 nitrogen and oxygen atoms in total. The molecule has 0 amide bonds. The van der Waals surface area contributed by atoms with Crippen molar-refractivity contribution in [1.82, 2.24) is 10.2 Å². The van der Waals surface area contributed by atoms with Crippen molar-refractivity contribution in [1.29, 1.82) is 0 Å². The van der Waals surface area contributed by atoms with Crippen LogP contribution in [0.15, 0.2) is 63.4 Å². The van der Waals surface area contributed by atoms with Crippen LogP contribution in [0.25, 0.3) is 0 Å². The van der Waals surface area contributed by atoms with Crippen LogP contribution in [-0.2, 0) is 0 Å². The van der Waals surface area contributed by atoms with E-state index >= 15 is 0 Å². The fourth-order valence-electron chi connectivity index (χ4n) is 1.84. The van der Waals surface area contributed by atoms with Crippen LogP contribution in [0, 0.1) is 0 Å². The van der Waals surface area contributed by atoms with Crippen LogP contribution in [0.2, 0.25) is 0 Å². The summed E-state index contributed by atoms with van der Waals surface area (Å²) >= 11 is 6.21. The van der Waals surface area contributed by atoms with Gasteiger partial charge >= 0.3 is 0 Å². The van der Waals surface area contributed by atoms with Gasteiger partial charge in [-0.05, 0) is 24.3 Å². The SMILES string of the molecule is O=C(CSc1nnc(Nc2ccccc2)s1)c1cccc(Br)c1. The predicted octanol–water partition coefficient (Wildman–Crippen LogP) is 5.02. The lowest BCUT2D eigenvalue weighted by atomic mass is 10.2. The number of aromatic nitrogens is 2. The lowest BCUT2D eigenvalue weighted by Crippen LogP contribution is -2.01. The summed E-state index contributed by atoms with van der Waals surface area (Å²) in [6.07, 6.45) is 0. The van der Waals surface area contributed by atoms with E-state index in [4.69, 9.17) is 0 Å². The van der Waals surface area contributed by atoms with Gasteiger partial charge in [-0.3, -0.25) is 4.79 Å². The fourth-order valence-corrected chi connectivity index (χ4v) is 3.90. The molecule has 3 rings (SSSR count). The van der Waals surface area contributed by atoms with E-state index in [1.165, 1.54) is 23.1 Å². The Balaban J connectivity index is 1.58. The Morgan fingerprint density at radius 2 is 1.96 bits per heavy atom. The molecule has 0 spiro atoms. The normalized spacial score (nSPS) is 10.5. The first-order chi connectivity index (χ1) is 11.2. The summed E-state index contributed by atoms with van der Waals surface area (Å²) in [7, 11) is 0. The highest BCUT2D eigenvalue weighted by Crippen LogP contribution is 2.28. The minimum absolute atomic E-state index is 0.0732. The number of halogens is 1. The average Bonchev–Trinajstić information content (AvgIpc) is 3.01. The Bertz CT molecular complexity index is 808. The molecule has 3 aromatic rings. The zero-order chi connectivity index (χ0) is 16.1. The summed E-state index contributed by atoms with van der Waals surface area (Å²) in [6.45, 7) is 0. The number of Topliss-reactive ketones (excluding diaryl/α,β-unsaturated/α-hetero) is 1. The molecule has 1 N–H and O–H groups in total. The summed E-state index contributed by atoms with van der Waals surface area (Å²) < 4.78 is 1.67. The van der Waals surface area contributed by atoms with Crippen molar-refractivity contribution >= 4 is 55.6 Å². The van der Waals surface area contributed by atoms with Crippen LogP contribution in [-0.4, -0.2) is 21.7 Å².